The van der Waals surface area contributed by atoms with E-state index in [-0.39, 0.29) is 6.10 Å². The first-order valence-electron chi connectivity index (χ1n) is 5.15. The third kappa shape index (κ3) is 3.44. The highest BCUT2D eigenvalue weighted by atomic mass is 16.5. The van der Waals surface area contributed by atoms with Gasteiger partial charge in [0, 0.05) is 0 Å². The van der Waals surface area contributed by atoms with E-state index >= 15 is 0 Å². The molecule has 3 nitrogen and oxygen atoms in total. The quantitative estimate of drug-likeness (QED) is 0.808. The van der Waals surface area contributed by atoms with Crippen LogP contribution in [0, 0.1) is 0 Å². The van der Waals surface area contributed by atoms with Gasteiger partial charge in [0.1, 0.15) is 0 Å². The fourth-order valence-corrected chi connectivity index (χ4v) is 1.46. The first-order chi connectivity index (χ1) is 7.17. The summed E-state index contributed by atoms with van der Waals surface area (Å²) in [6.07, 6.45) is 0.289. The lowest BCUT2D eigenvalue weighted by Gasteiger charge is -2.11. The second-order valence-electron chi connectivity index (χ2n) is 3.47. The van der Waals surface area contributed by atoms with Gasteiger partial charge in [0.15, 0.2) is 11.5 Å². The van der Waals surface area contributed by atoms with Gasteiger partial charge in [-0.15, -0.1) is 0 Å². The van der Waals surface area contributed by atoms with Gasteiger partial charge in [0.2, 0.25) is 0 Å². The number of hydrogen-bond donors (Lipinski definition) is 1. The minimum absolute atomic E-state index is 0.340. The van der Waals surface area contributed by atoms with Crippen molar-refractivity contribution in [2.75, 3.05) is 13.7 Å². The van der Waals surface area contributed by atoms with Crippen LogP contribution in [0.25, 0.3) is 0 Å². The van der Waals surface area contributed by atoms with Gasteiger partial charge in [0.25, 0.3) is 0 Å². The second-order valence-corrected chi connectivity index (χ2v) is 3.47. The minimum atomic E-state index is -0.340. The Hall–Kier alpha value is -1.22. The first kappa shape index (κ1) is 11.9. The molecular weight excluding hydrogens is 192 g/mol. The summed E-state index contributed by atoms with van der Waals surface area (Å²) >= 11 is 0. The molecular formula is C12H18O3. The SMILES string of the molecule is CCOc1cc(CC(C)O)ccc1OC. The van der Waals surface area contributed by atoms with E-state index in [1.165, 1.54) is 0 Å². The standard InChI is InChI=1S/C12H18O3/c1-4-15-12-8-10(7-9(2)13)5-6-11(12)14-3/h5-6,8-9,13H,4,7H2,1-3H3. The Labute approximate surface area is 90.6 Å². The molecule has 1 aromatic rings. The highest BCUT2D eigenvalue weighted by molar-refractivity contribution is 5.43. The molecule has 84 valence electrons. The van der Waals surface area contributed by atoms with Crippen molar-refractivity contribution in [1.82, 2.24) is 0 Å². The first-order valence-corrected chi connectivity index (χ1v) is 5.15. The summed E-state index contributed by atoms with van der Waals surface area (Å²) in [6, 6.07) is 5.71. The van der Waals surface area contributed by atoms with Crippen molar-refractivity contribution in [2.45, 2.75) is 26.4 Å². The molecule has 0 heterocycles. The topological polar surface area (TPSA) is 38.7 Å². The van der Waals surface area contributed by atoms with Gasteiger partial charge in [0.05, 0.1) is 19.8 Å². The minimum Gasteiger partial charge on any atom is -0.493 e. The van der Waals surface area contributed by atoms with Crippen LogP contribution in [0.5, 0.6) is 11.5 Å². The Kier molecular flexibility index (Phi) is 4.43. The van der Waals surface area contributed by atoms with Crippen LogP contribution in [0.4, 0.5) is 0 Å². The summed E-state index contributed by atoms with van der Waals surface area (Å²) < 4.78 is 10.6. The fourth-order valence-electron chi connectivity index (χ4n) is 1.46. The van der Waals surface area contributed by atoms with Crippen molar-refractivity contribution < 1.29 is 14.6 Å². The Morgan fingerprint density at radius 1 is 1.33 bits per heavy atom. The van der Waals surface area contributed by atoms with Crippen LogP contribution in [0.15, 0.2) is 18.2 Å². The lowest BCUT2D eigenvalue weighted by molar-refractivity contribution is 0.195. The molecule has 1 unspecified atom stereocenters. The van der Waals surface area contributed by atoms with Gasteiger partial charge >= 0.3 is 0 Å². The predicted molar refractivity (Wildman–Crippen MR) is 59.5 cm³/mol. The Morgan fingerprint density at radius 2 is 2.07 bits per heavy atom. The third-order valence-corrected chi connectivity index (χ3v) is 2.06. The smallest absolute Gasteiger partial charge is 0.161 e. The zero-order valence-corrected chi connectivity index (χ0v) is 9.49. The largest absolute Gasteiger partial charge is 0.493 e. The van der Waals surface area contributed by atoms with E-state index < -0.39 is 0 Å². The van der Waals surface area contributed by atoms with E-state index in [9.17, 15) is 5.11 Å². The van der Waals surface area contributed by atoms with E-state index in [1.54, 1.807) is 14.0 Å². The summed E-state index contributed by atoms with van der Waals surface area (Å²) in [4.78, 5) is 0. The number of benzene rings is 1. The van der Waals surface area contributed by atoms with Gasteiger partial charge in [-0.3, -0.25) is 0 Å². The second kappa shape index (κ2) is 5.61. The molecule has 0 spiro atoms. The van der Waals surface area contributed by atoms with Crippen LogP contribution in [0.2, 0.25) is 0 Å². The molecule has 0 saturated carbocycles. The molecule has 0 bridgehead atoms. The zero-order chi connectivity index (χ0) is 11.3. The van der Waals surface area contributed by atoms with Crippen molar-refractivity contribution in [3.05, 3.63) is 23.8 Å². The Balaban J connectivity index is 2.88. The van der Waals surface area contributed by atoms with Crippen molar-refractivity contribution in [1.29, 1.82) is 0 Å². The van der Waals surface area contributed by atoms with Crippen molar-refractivity contribution >= 4 is 0 Å². The van der Waals surface area contributed by atoms with Crippen molar-refractivity contribution in [2.24, 2.45) is 0 Å². The maximum atomic E-state index is 9.28. The lowest BCUT2D eigenvalue weighted by Crippen LogP contribution is -2.05. The number of rotatable bonds is 5. The van der Waals surface area contributed by atoms with E-state index in [0.29, 0.717) is 13.0 Å². The van der Waals surface area contributed by atoms with E-state index in [0.717, 1.165) is 17.1 Å². The molecule has 15 heavy (non-hydrogen) atoms. The van der Waals surface area contributed by atoms with Crippen LogP contribution < -0.4 is 9.47 Å². The summed E-state index contributed by atoms with van der Waals surface area (Å²) in [6.45, 7) is 4.31. The van der Waals surface area contributed by atoms with E-state index in [4.69, 9.17) is 9.47 Å². The molecule has 0 aliphatic heterocycles. The van der Waals surface area contributed by atoms with Gasteiger partial charge in [-0.2, -0.15) is 0 Å². The lowest BCUT2D eigenvalue weighted by atomic mass is 10.1. The molecule has 1 N–H and O–H groups in total. The number of aliphatic hydroxyl groups is 1. The van der Waals surface area contributed by atoms with Crippen molar-refractivity contribution in [3.63, 3.8) is 0 Å². The van der Waals surface area contributed by atoms with Crippen LogP contribution in [-0.2, 0) is 6.42 Å². The monoisotopic (exact) mass is 210 g/mol. The third-order valence-electron chi connectivity index (χ3n) is 2.06. The molecule has 3 heteroatoms. The van der Waals surface area contributed by atoms with E-state index in [2.05, 4.69) is 0 Å². The van der Waals surface area contributed by atoms with Gasteiger partial charge < -0.3 is 14.6 Å². The number of hydrogen-bond acceptors (Lipinski definition) is 3. The number of methoxy groups -OCH3 is 1. The number of ether oxygens (including phenoxy) is 2. The van der Waals surface area contributed by atoms with Gasteiger partial charge in [-0.05, 0) is 38.0 Å². The average Bonchev–Trinajstić information content (AvgIpc) is 2.18. The molecule has 0 aliphatic carbocycles. The molecule has 0 fully saturated rings. The molecule has 1 atom stereocenters. The van der Waals surface area contributed by atoms with Crippen LogP contribution in [0.3, 0.4) is 0 Å². The summed E-state index contributed by atoms with van der Waals surface area (Å²) in [5.41, 5.74) is 1.05. The normalized spacial score (nSPS) is 12.3. The van der Waals surface area contributed by atoms with Gasteiger partial charge in [-0.1, -0.05) is 6.07 Å². The summed E-state index contributed by atoms with van der Waals surface area (Å²) in [7, 11) is 1.62. The molecule has 0 amide bonds. The molecule has 0 aliphatic rings. The maximum Gasteiger partial charge on any atom is 0.161 e. The van der Waals surface area contributed by atoms with Gasteiger partial charge in [-0.25, -0.2) is 0 Å². The van der Waals surface area contributed by atoms with Crippen LogP contribution >= 0.6 is 0 Å². The molecule has 0 radical (unpaired) electrons. The number of aliphatic hydroxyl groups excluding tert-OH is 1. The van der Waals surface area contributed by atoms with Crippen LogP contribution in [0.1, 0.15) is 19.4 Å². The zero-order valence-electron chi connectivity index (χ0n) is 9.49. The summed E-state index contributed by atoms with van der Waals surface area (Å²) in [5.74, 6) is 1.46. The average molecular weight is 210 g/mol. The highest BCUT2D eigenvalue weighted by Gasteiger charge is 2.06. The molecule has 0 saturated heterocycles. The fraction of sp³-hybridized carbons (Fsp3) is 0.500. The Bertz CT molecular complexity index is 308. The maximum absolute atomic E-state index is 9.28. The van der Waals surface area contributed by atoms with Crippen molar-refractivity contribution in [3.8, 4) is 11.5 Å². The van der Waals surface area contributed by atoms with E-state index in [1.807, 2.05) is 25.1 Å². The van der Waals surface area contributed by atoms with Crippen LogP contribution in [-0.4, -0.2) is 24.9 Å². The predicted octanol–water partition coefficient (Wildman–Crippen LogP) is 2.02. The molecule has 0 aromatic heterocycles. The summed E-state index contributed by atoms with van der Waals surface area (Å²) in [5, 5.41) is 9.28. The molecule has 1 aromatic carbocycles. The Morgan fingerprint density at radius 3 is 2.60 bits per heavy atom. The highest BCUT2D eigenvalue weighted by Crippen LogP contribution is 2.28. The molecule has 1 rings (SSSR count).